The number of hydrogen-bond acceptors (Lipinski definition) is 2. The topological polar surface area (TPSA) is 41.6 Å². The van der Waals surface area contributed by atoms with Gasteiger partial charge in [0.2, 0.25) is 0 Å². The number of hydrogen-bond donors (Lipinski definition) is 0. The summed E-state index contributed by atoms with van der Waals surface area (Å²) in [5, 5.41) is 14.3. The lowest BCUT2D eigenvalue weighted by atomic mass is 9.97. The number of aromatic nitrogens is 2. The van der Waals surface area contributed by atoms with Crippen molar-refractivity contribution in [1.29, 1.82) is 5.26 Å². The number of rotatable bonds is 3. The van der Waals surface area contributed by atoms with Gasteiger partial charge in [-0.2, -0.15) is 5.26 Å². The molecule has 0 saturated carbocycles. The molecule has 0 unspecified atom stereocenters. The Balaban J connectivity index is 1.49. The standard InChI is InChI=1S/C34H21N3/c35-22-28-20-27(17-18-36-28)25-9-6-8-24(19-25)26-14-15-32-31(21-26)34-30-12-5-4-7-23(30)13-16-33(34)37(32)29-10-2-1-3-11-29/h1-21H. The van der Waals surface area contributed by atoms with Gasteiger partial charge in [-0.05, 0) is 81.6 Å². The normalized spacial score (nSPS) is 11.2. The molecule has 0 radical (unpaired) electrons. The molecule has 3 nitrogen and oxygen atoms in total. The summed E-state index contributed by atoms with van der Waals surface area (Å²) >= 11 is 0. The molecular weight excluding hydrogens is 450 g/mol. The second-order valence-corrected chi connectivity index (χ2v) is 9.21. The molecule has 0 amide bonds. The number of para-hydroxylation sites is 1. The van der Waals surface area contributed by atoms with Crippen LogP contribution < -0.4 is 0 Å². The maximum atomic E-state index is 9.27. The Hall–Kier alpha value is -5.20. The van der Waals surface area contributed by atoms with E-state index in [9.17, 15) is 5.26 Å². The fraction of sp³-hybridized carbons (Fsp3) is 0. The molecule has 37 heavy (non-hydrogen) atoms. The van der Waals surface area contributed by atoms with E-state index in [4.69, 9.17) is 0 Å². The monoisotopic (exact) mass is 471 g/mol. The van der Waals surface area contributed by atoms with Gasteiger partial charge in [-0.25, -0.2) is 4.98 Å². The van der Waals surface area contributed by atoms with Gasteiger partial charge < -0.3 is 4.57 Å². The van der Waals surface area contributed by atoms with Crippen LogP contribution in [0.15, 0.2) is 128 Å². The summed E-state index contributed by atoms with van der Waals surface area (Å²) in [4.78, 5) is 4.12. The smallest absolute Gasteiger partial charge is 0.141 e. The second-order valence-electron chi connectivity index (χ2n) is 9.21. The van der Waals surface area contributed by atoms with E-state index >= 15 is 0 Å². The van der Waals surface area contributed by atoms with E-state index in [0.717, 1.165) is 27.9 Å². The summed E-state index contributed by atoms with van der Waals surface area (Å²) < 4.78 is 2.36. The van der Waals surface area contributed by atoms with Crippen LogP contribution in [0.5, 0.6) is 0 Å². The lowest BCUT2D eigenvalue weighted by Gasteiger charge is -2.09. The first-order chi connectivity index (χ1) is 18.3. The average molecular weight is 472 g/mol. The molecule has 0 aliphatic heterocycles. The molecule has 3 heteroatoms. The Morgan fingerprint density at radius 2 is 1.30 bits per heavy atom. The van der Waals surface area contributed by atoms with Gasteiger partial charge >= 0.3 is 0 Å². The highest BCUT2D eigenvalue weighted by atomic mass is 15.0. The van der Waals surface area contributed by atoms with Crippen LogP contribution in [0.1, 0.15) is 5.69 Å². The van der Waals surface area contributed by atoms with E-state index < -0.39 is 0 Å². The van der Waals surface area contributed by atoms with Crippen LogP contribution >= 0.6 is 0 Å². The van der Waals surface area contributed by atoms with Gasteiger partial charge in [0.05, 0.1) is 11.0 Å². The Labute approximate surface area is 214 Å². The average Bonchev–Trinajstić information content (AvgIpc) is 3.32. The van der Waals surface area contributed by atoms with Crippen molar-refractivity contribution in [2.24, 2.45) is 0 Å². The van der Waals surface area contributed by atoms with Crippen molar-refractivity contribution in [3.63, 3.8) is 0 Å². The third-order valence-electron chi connectivity index (χ3n) is 7.07. The maximum Gasteiger partial charge on any atom is 0.141 e. The van der Waals surface area contributed by atoms with Gasteiger partial charge in [-0.15, -0.1) is 0 Å². The molecule has 0 bridgehead atoms. The van der Waals surface area contributed by atoms with Crippen molar-refractivity contribution in [3.05, 3.63) is 133 Å². The third kappa shape index (κ3) is 3.47. The van der Waals surface area contributed by atoms with Gasteiger partial charge in [-0.1, -0.05) is 72.8 Å². The van der Waals surface area contributed by atoms with Crippen molar-refractivity contribution in [1.82, 2.24) is 9.55 Å². The van der Waals surface area contributed by atoms with E-state index in [2.05, 4.69) is 125 Å². The van der Waals surface area contributed by atoms with Crippen molar-refractivity contribution in [2.75, 3.05) is 0 Å². The van der Waals surface area contributed by atoms with Gasteiger partial charge in [0, 0.05) is 22.7 Å². The summed E-state index contributed by atoms with van der Waals surface area (Å²) in [7, 11) is 0. The molecule has 0 fully saturated rings. The second kappa shape index (κ2) is 8.48. The Morgan fingerprint density at radius 3 is 2.14 bits per heavy atom. The van der Waals surface area contributed by atoms with Crippen molar-refractivity contribution < 1.29 is 0 Å². The molecular formula is C34H21N3. The lowest BCUT2D eigenvalue weighted by Crippen LogP contribution is -1.93. The zero-order valence-electron chi connectivity index (χ0n) is 20.0. The van der Waals surface area contributed by atoms with Gasteiger partial charge in [0.25, 0.3) is 0 Å². The number of nitriles is 1. The van der Waals surface area contributed by atoms with Gasteiger partial charge in [0.1, 0.15) is 11.8 Å². The molecule has 0 aliphatic carbocycles. The molecule has 7 aromatic rings. The van der Waals surface area contributed by atoms with Gasteiger partial charge in [0.15, 0.2) is 0 Å². The van der Waals surface area contributed by atoms with Crippen LogP contribution in [0, 0.1) is 11.3 Å². The highest BCUT2D eigenvalue weighted by Gasteiger charge is 2.15. The van der Waals surface area contributed by atoms with E-state index in [1.54, 1.807) is 6.20 Å². The van der Waals surface area contributed by atoms with E-state index in [-0.39, 0.29) is 0 Å². The molecule has 0 spiro atoms. The van der Waals surface area contributed by atoms with Crippen LogP contribution in [-0.2, 0) is 0 Å². The highest BCUT2D eigenvalue weighted by Crippen LogP contribution is 2.39. The van der Waals surface area contributed by atoms with E-state index in [0.29, 0.717) is 5.69 Å². The Bertz CT molecular complexity index is 1990. The number of fused-ring (bicyclic) bond motifs is 5. The Kier molecular flexibility index (Phi) is 4.84. The maximum absolute atomic E-state index is 9.27. The largest absolute Gasteiger partial charge is 0.309 e. The molecule has 2 heterocycles. The van der Waals surface area contributed by atoms with Crippen molar-refractivity contribution >= 4 is 32.6 Å². The fourth-order valence-electron chi connectivity index (χ4n) is 5.37. The molecule has 172 valence electrons. The predicted molar refractivity (Wildman–Crippen MR) is 152 cm³/mol. The summed E-state index contributed by atoms with van der Waals surface area (Å²) in [6, 6.07) is 44.8. The lowest BCUT2D eigenvalue weighted by molar-refractivity contribution is 1.18. The number of pyridine rings is 1. The highest BCUT2D eigenvalue weighted by molar-refractivity contribution is 6.21. The minimum Gasteiger partial charge on any atom is -0.309 e. The number of nitrogens with zero attached hydrogens (tertiary/aromatic N) is 3. The van der Waals surface area contributed by atoms with Crippen LogP contribution in [-0.4, -0.2) is 9.55 Å². The van der Waals surface area contributed by atoms with Crippen LogP contribution in [0.25, 0.3) is 60.5 Å². The molecule has 0 aliphatic rings. The molecule has 7 rings (SSSR count). The predicted octanol–water partition coefficient (Wildman–Crippen LogP) is 8.54. The fourth-order valence-corrected chi connectivity index (χ4v) is 5.37. The van der Waals surface area contributed by atoms with Crippen LogP contribution in [0.4, 0.5) is 0 Å². The van der Waals surface area contributed by atoms with Gasteiger partial charge in [-0.3, -0.25) is 0 Å². The van der Waals surface area contributed by atoms with Crippen LogP contribution in [0.2, 0.25) is 0 Å². The zero-order chi connectivity index (χ0) is 24.8. The molecule has 2 aromatic heterocycles. The first kappa shape index (κ1) is 21.1. The zero-order valence-corrected chi connectivity index (χ0v) is 20.0. The number of benzene rings is 5. The first-order valence-electron chi connectivity index (χ1n) is 12.3. The molecule has 0 N–H and O–H groups in total. The van der Waals surface area contributed by atoms with E-state index in [1.165, 1.54) is 32.6 Å². The quantitative estimate of drug-likeness (QED) is 0.259. The van der Waals surface area contributed by atoms with E-state index in [1.807, 2.05) is 12.1 Å². The molecule has 0 atom stereocenters. The third-order valence-corrected chi connectivity index (χ3v) is 7.07. The summed E-state index contributed by atoms with van der Waals surface area (Å²) in [5.74, 6) is 0. The minimum atomic E-state index is 0.421. The molecule has 0 saturated heterocycles. The van der Waals surface area contributed by atoms with Crippen molar-refractivity contribution in [2.45, 2.75) is 0 Å². The SMILES string of the molecule is N#Cc1cc(-c2cccc(-c3ccc4c(c3)c3c5ccccc5ccc3n4-c3ccccc3)c2)ccn1. The molecule has 5 aromatic carbocycles. The summed E-state index contributed by atoms with van der Waals surface area (Å²) in [6.07, 6.45) is 1.69. The van der Waals surface area contributed by atoms with Crippen molar-refractivity contribution in [3.8, 4) is 34.0 Å². The summed E-state index contributed by atoms with van der Waals surface area (Å²) in [5.41, 5.74) is 8.30. The summed E-state index contributed by atoms with van der Waals surface area (Å²) in [6.45, 7) is 0. The first-order valence-corrected chi connectivity index (χ1v) is 12.3. The van der Waals surface area contributed by atoms with Crippen LogP contribution in [0.3, 0.4) is 0 Å². The Morgan fingerprint density at radius 1 is 0.568 bits per heavy atom. The minimum absolute atomic E-state index is 0.421.